The summed E-state index contributed by atoms with van der Waals surface area (Å²) in [5.74, 6) is 0.893. The second kappa shape index (κ2) is 6.98. The molecule has 2 rings (SSSR count). The van der Waals surface area contributed by atoms with Crippen LogP contribution in [-0.4, -0.2) is 12.0 Å². The number of carbonyl (C=O) groups excluding carboxylic acids is 1. The molecule has 4 heteroatoms. The smallest absolute Gasteiger partial charge is 0.265 e. The summed E-state index contributed by atoms with van der Waals surface area (Å²) in [5.41, 5.74) is 8.08. The van der Waals surface area contributed by atoms with Crippen LogP contribution >= 0.6 is 0 Å². The quantitative estimate of drug-likeness (QED) is 0.825. The third kappa shape index (κ3) is 4.01. The van der Waals surface area contributed by atoms with E-state index in [4.69, 9.17) is 10.5 Å². The Hall–Kier alpha value is -2.49. The molecule has 116 valence electrons. The first-order valence-electron chi connectivity index (χ1n) is 7.39. The minimum Gasteiger partial charge on any atom is -0.481 e. The van der Waals surface area contributed by atoms with Gasteiger partial charge in [-0.25, -0.2) is 0 Å². The van der Waals surface area contributed by atoms with E-state index in [1.807, 2.05) is 24.3 Å². The fourth-order valence-electron chi connectivity index (χ4n) is 2.12. The molecule has 0 aliphatic heterocycles. The fraction of sp³-hybridized carbons (Fsp3) is 0.278. The molecule has 0 heterocycles. The number of benzene rings is 2. The monoisotopic (exact) mass is 298 g/mol. The molecule has 0 saturated heterocycles. The standard InChI is InChI=1S/C18H22N2O2/c1-12(2)16-6-4-5-7-17(16)22-13(3)18(21)20-15-10-8-14(19)9-11-15/h4-13H,19H2,1-3H3,(H,20,21). The van der Waals surface area contributed by atoms with Crippen LogP contribution in [0.2, 0.25) is 0 Å². The van der Waals surface area contributed by atoms with Crippen molar-refractivity contribution >= 4 is 17.3 Å². The summed E-state index contributed by atoms with van der Waals surface area (Å²) in [7, 11) is 0. The molecule has 2 aromatic carbocycles. The molecular weight excluding hydrogens is 276 g/mol. The van der Waals surface area contributed by atoms with E-state index in [2.05, 4.69) is 19.2 Å². The normalized spacial score (nSPS) is 12.0. The summed E-state index contributed by atoms with van der Waals surface area (Å²) < 4.78 is 5.83. The Morgan fingerprint density at radius 1 is 1.05 bits per heavy atom. The van der Waals surface area contributed by atoms with E-state index in [9.17, 15) is 4.79 Å². The van der Waals surface area contributed by atoms with Crippen LogP contribution in [0.25, 0.3) is 0 Å². The van der Waals surface area contributed by atoms with E-state index < -0.39 is 6.10 Å². The van der Waals surface area contributed by atoms with E-state index in [1.165, 1.54) is 0 Å². The van der Waals surface area contributed by atoms with Crippen molar-refractivity contribution in [3.05, 3.63) is 54.1 Å². The lowest BCUT2D eigenvalue weighted by atomic mass is 10.0. The Morgan fingerprint density at radius 2 is 1.68 bits per heavy atom. The van der Waals surface area contributed by atoms with E-state index >= 15 is 0 Å². The van der Waals surface area contributed by atoms with Crippen molar-refractivity contribution in [3.63, 3.8) is 0 Å². The zero-order valence-electron chi connectivity index (χ0n) is 13.2. The van der Waals surface area contributed by atoms with Gasteiger partial charge in [-0.2, -0.15) is 0 Å². The maximum Gasteiger partial charge on any atom is 0.265 e. The van der Waals surface area contributed by atoms with Crippen molar-refractivity contribution < 1.29 is 9.53 Å². The third-order valence-electron chi connectivity index (χ3n) is 3.39. The Bertz CT molecular complexity index is 636. The number of hydrogen-bond acceptors (Lipinski definition) is 3. The second-order valence-corrected chi connectivity index (χ2v) is 5.56. The first kappa shape index (κ1) is 15.9. The molecule has 0 aromatic heterocycles. The van der Waals surface area contributed by atoms with Gasteiger partial charge in [-0.15, -0.1) is 0 Å². The number of para-hydroxylation sites is 1. The molecule has 1 atom stereocenters. The molecule has 3 N–H and O–H groups in total. The van der Waals surface area contributed by atoms with Gasteiger partial charge in [0.05, 0.1) is 0 Å². The highest BCUT2D eigenvalue weighted by atomic mass is 16.5. The topological polar surface area (TPSA) is 64.3 Å². The molecule has 2 aromatic rings. The Balaban J connectivity index is 2.04. The van der Waals surface area contributed by atoms with Crippen molar-refractivity contribution in [2.75, 3.05) is 11.1 Å². The number of amides is 1. The number of nitrogen functional groups attached to an aromatic ring is 1. The largest absolute Gasteiger partial charge is 0.481 e. The van der Waals surface area contributed by atoms with Crippen LogP contribution in [0, 0.1) is 0 Å². The molecule has 0 bridgehead atoms. The van der Waals surface area contributed by atoms with E-state index in [0.717, 1.165) is 11.3 Å². The van der Waals surface area contributed by atoms with Gasteiger partial charge in [0.2, 0.25) is 0 Å². The molecule has 0 fully saturated rings. The van der Waals surface area contributed by atoms with Crippen molar-refractivity contribution in [1.82, 2.24) is 0 Å². The average molecular weight is 298 g/mol. The molecule has 4 nitrogen and oxygen atoms in total. The third-order valence-corrected chi connectivity index (χ3v) is 3.39. The molecule has 0 radical (unpaired) electrons. The van der Waals surface area contributed by atoms with Crippen molar-refractivity contribution in [2.24, 2.45) is 0 Å². The number of carbonyl (C=O) groups is 1. The van der Waals surface area contributed by atoms with Crippen LogP contribution < -0.4 is 15.8 Å². The highest BCUT2D eigenvalue weighted by molar-refractivity contribution is 5.94. The highest BCUT2D eigenvalue weighted by Gasteiger charge is 2.17. The minimum atomic E-state index is -0.586. The van der Waals surface area contributed by atoms with Crippen LogP contribution in [0.4, 0.5) is 11.4 Å². The second-order valence-electron chi connectivity index (χ2n) is 5.56. The molecule has 22 heavy (non-hydrogen) atoms. The van der Waals surface area contributed by atoms with E-state index in [-0.39, 0.29) is 5.91 Å². The van der Waals surface area contributed by atoms with Crippen LogP contribution in [0.1, 0.15) is 32.3 Å². The molecule has 0 aliphatic rings. The van der Waals surface area contributed by atoms with Crippen LogP contribution in [0.3, 0.4) is 0 Å². The highest BCUT2D eigenvalue weighted by Crippen LogP contribution is 2.26. The van der Waals surface area contributed by atoms with Gasteiger partial charge in [-0.3, -0.25) is 4.79 Å². The predicted octanol–water partition coefficient (Wildman–Crippen LogP) is 3.80. The Kier molecular flexibility index (Phi) is 5.04. The lowest BCUT2D eigenvalue weighted by molar-refractivity contribution is -0.122. The van der Waals surface area contributed by atoms with Gasteiger partial charge in [-0.05, 0) is 48.7 Å². The maximum absolute atomic E-state index is 12.2. The van der Waals surface area contributed by atoms with Crippen molar-refractivity contribution in [2.45, 2.75) is 32.8 Å². The van der Waals surface area contributed by atoms with E-state index in [1.54, 1.807) is 31.2 Å². The maximum atomic E-state index is 12.2. The zero-order chi connectivity index (χ0) is 16.1. The Labute approximate surface area is 131 Å². The number of nitrogens with two attached hydrogens (primary N) is 1. The number of rotatable bonds is 5. The van der Waals surface area contributed by atoms with Gasteiger partial charge >= 0.3 is 0 Å². The summed E-state index contributed by atoms with van der Waals surface area (Å²) in [6, 6.07) is 14.8. The van der Waals surface area contributed by atoms with Crippen molar-refractivity contribution in [3.8, 4) is 5.75 Å². The molecule has 0 spiro atoms. The number of hydrogen-bond donors (Lipinski definition) is 2. The first-order chi connectivity index (χ1) is 10.5. The molecule has 0 saturated carbocycles. The Morgan fingerprint density at radius 3 is 2.32 bits per heavy atom. The molecule has 0 aliphatic carbocycles. The van der Waals surface area contributed by atoms with Gasteiger partial charge in [0, 0.05) is 11.4 Å². The number of ether oxygens (including phenoxy) is 1. The zero-order valence-corrected chi connectivity index (χ0v) is 13.2. The summed E-state index contributed by atoms with van der Waals surface area (Å²) in [5, 5.41) is 2.82. The van der Waals surface area contributed by atoms with E-state index in [0.29, 0.717) is 17.3 Å². The number of nitrogens with one attached hydrogen (secondary N) is 1. The van der Waals surface area contributed by atoms with Gasteiger partial charge in [0.1, 0.15) is 5.75 Å². The van der Waals surface area contributed by atoms with Crippen molar-refractivity contribution in [1.29, 1.82) is 0 Å². The molecule has 1 unspecified atom stereocenters. The molecule has 1 amide bonds. The molecular formula is C18H22N2O2. The predicted molar refractivity (Wildman–Crippen MR) is 90.1 cm³/mol. The lowest BCUT2D eigenvalue weighted by Gasteiger charge is -2.18. The number of anilines is 2. The summed E-state index contributed by atoms with van der Waals surface area (Å²) in [4.78, 5) is 12.2. The first-order valence-corrected chi connectivity index (χ1v) is 7.39. The summed E-state index contributed by atoms with van der Waals surface area (Å²) in [6.07, 6.45) is -0.586. The summed E-state index contributed by atoms with van der Waals surface area (Å²) in [6.45, 7) is 5.94. The fourth-order valence-corrected chi connectivity index (χ4v) is 2.12. The van der Waals surface area contributed by atoms with Crippen LogP contribution in [0.15, 0.2) is 48.5 Å². The van der Waals surface area contributed by atoms with Crippen LogP contribution in [0.5, 0.6) is 5.75 Å². The summed E-state index contributed by atoms with van der Waals surface area (Å²) >= 11 is 0. The van der Waals surface area contributed by atoms with Crippen LogP contribution in [-0.2, 0) is 4.79 Å². The average Bonchev–Trinajstić information content (AvgIpc) is 2.49. The lowest BCUT2D eigenvalue weighted by Crippen LogP contribution is -2.30. The van der Waals surface area contributed by atoms with Gasteiger partial charge in [0.25, 0.3) is 5.91 Å². The van der Waals surface area contributed by atoms with Gasteiger partial charge < -0.3 is 15.8 Å². The minimum absolute atomic E-state index is 0.191. The van der Waals surface area contributed by atoms with Gasteiger partial charge in [0.15, 0.2) is 6.10 Å². The van der Waals surface area contributed by atoms with Gasteiger partial charge in [-0.1, -0.05) is 32.0 Å². The SMILES string of the molecule is CC(Oc1ccccc1C(C)C)C(=O)Nc1ccc(N)cc1.